The van der Waals surface area contributed by atoms with E-state index in [1.54, 1.807) is 0 Å². The van der Waals surface area contributed by atoms with Gasteiger partial charge in [0.05, 0.1) is 6.10 Å². The molecule has 0 radical (unpaired) electrons. The van der Waals surface area contributed by atoms with Crippen molar-refractivity contribution in [2.45, 2.75) is 50.9 Å². The van der Waals surface area contributed by atoms with Crippen molar-refractivity contribution < 1.29 is 5.11 Å². The first kappa shape index (κ1) is 10.4. The number of aliphatic hydroxyl groups is 1. The summed E-state index contributed by atoms with van der Waals surface area (Å²) in [7, 11) is 0. The molecule has 4 atom stereocenters. The highest BCUT2D eigenvalue weighted by molar-refractivity contribution is 7.80. The second-order valence-electron chi connectivity index (χ2n) is 4.42. The Morgan fingerprint density at radius 2 is 2.08 bits per heavy atom. The molecule has 0 aromatic rings. The molecule has 1 fully saturated rings. The van der Waals surface area contributed by atoms with Crippen LogP contribution in [0, 0.1) is 11.8 Å². The molecule has 0 aromatic heterocycles. The minimum atomic E-state index is -0.0502. The van der Waals surface area contributed by atoms with Crippen LogP contribution >= 0.6 is 12.6 Å². The SMILES string of the molecule is CC(S)C[C@@H]1C[C@@H](C)C[C@H](O)C1. The van der Waals surface area contributed by atoms with Gasteiger partial charge in [-0.15, -0.1) is 0 Å². The largest absolute Gasteiger partial charge is 0.393 e. The molecule has 1 saturated carbocycles. The molecule has 1 nitrogen and oxygen atoms in total. The highest BCUT2D eigenvalue weighted by atomic mass is 32.1. The fraction of sp³-hybridized carbons (Fsp3) is 1.00. The maximum Gasteiger partial charge on any atom is 0.0545 e. The van der Waals surface area contributed by atoms with Crippen molar-refractivity contribution in [1.29, 1.82) is 0 Å². The average molecular weight is 188 g/mol. The second-order valence-corrected chi connectivity index (χ2v) is 5.30. The summed E-state index contributed by atoms with van der Waals surface area (Å²) in [5.74, 6) is 1.40. The van der Waals surface area contributed by atoms with E-state index in [0.717, 1.165) is 19.3 Å². The monoisotopic (exact) mass is 188 g/mol. The third-order valence-corrected chi connectivity index (χ3v) is 2.90. The molecule has 1 aliphatic carbocycles. The molecule has 0 spiro atoms. The Bertz CT molecular complexity index is 123. The van der Waals surface area contributed by atoms with Gasteiger partial charge in [-0.1, -0.05) is 13.8 Å². The molecule has 0 aromatic carbocycles. The van der Waals surface area contributed by atoms with Gasteiger partial charge in [-0.2, -0.15) is 12.6 Å². The summed E-state index contributed by atoms with van der Waals surface area (Å²) >= 11 is 4.39. The molecule has 1 N–H and O–H groups in total. The maximum absolute atomic E-state index is 9.54. The van der Waals surface area contributed by atoms with Crippen LogP contribution in [-0.2, 0) is 0 Å². The lowest BCUT2D eigenvalue weighted by Crippen LogP contribution is -2.26. The summed E-state index contributed by atoms with van der Waals surface area (Å²) in [4.78, 5) is 0. The van der Waals surface area contributed by atoms with Crippen molar-refractivity contribution in [3.63, 3.8) is 0 Å². The zero-order chi connectivity index (χ0) is 9.14. The van der Waals surface area contributed by atoms with E-state index in [1.807, 2.05) is 0 Å². The van der Waals surface area contributed by atoms with Gasteiger partial charge < -0.3 is 5.11 Å². The Labute approximate surface area is 81.0 Å². The first-order valence-corrected chi connectivity index (χ1v) is 5.45. The van der Waals surface area contributed by atoms with Gasteiger partial charge in [0.25, 0.3) is 0 Å². The highest BCUT2D eigenvalue weighted by Gasteiger charge is 2.25. The van der Waals surface area contributed by atoms with Crippen LogP contribution < -0.4 is 0 Å². The molecule has 1 rings (SSSR count). The van der Waals surface area contributed by atoms with Gasteiger partial charge in [0.1, 0.15) is 0 Å². The van der Waals surface area contributed by atoms with Crippen LogP contribution in [0.3, 0.4) is 0 Å². The Morgan fingerprint density at radius 3 is 2.58 bits per heavy atom. The quantitative estimate of drug-likeness (QED) is 0.638. The lowest BCUT2D eigenvalue weighted by molar-refractivity contribution is 0.0726. The zero-order valence-corrected chi connectivity index (χ0v) is 8.93. The predicted octanol–water partition coefficient (Wildman–Crippen LogP) is 2.49. The molecule has 12 heavy (non-hydrogen) atoms. The van der Waals surface area contributed by atoms with Crippen LogP contribution in [0.25, 0.3) is 0 Å². The van der Waals surface area contributed by atoms with E-state index >= 15 is 0 Å². The summed E-state index contributed by atoms with van der Waals surface area (Å²) in [6.07, 6.45) is 4.38. The molecule has 72 valence electrons. The molecule has 1 aliphatic rings. The van der Waals surface area contributed by atoms with Gasteiger partial charge in [0.15, 0.2) is 0 Å². The lowest BCUT2D eigenvalue weighted by atomic mass is 9.79. The number of hydrogen-bond acceptors (Lipinski definition) is 2. The normalized spacial score (nSPS) is 39.5. The van der Waals surface area contributed by atoms with Crippen molar-refractivity contribution in [2.24, 2.45) is 11.8 Å². The summed E-state index contributed by atoms with van der Waals surface area (Å²) in [5.41, 5.74) is 0. The third-order valence-electron chi connectivity index (χ3n) is 2.69. The van der Waals surface area contributed by atoms with Gasteiger partial charge >= 0.3 is 0 Å². The molecule has 0 amide bonds. The standard InChI is InChI=1S/C10H20OS/c1-7-3-9(5-8(2)12)6-10(11)4-7/h7-12H,3-6H2,1-2H3/t7-,8?,9+,10+/m1/s1. The molecule has 1 unspecified atom stereocenters. The van der Waals surface area contributed by atoms with Crippen molar-refractivity contribution >= 4 is 12.6 Å². The smallest absolute Gasteiger partial charge is 0.0545 e. The molecule has 0 saturated heterocycles. The Balaban J connectivity index is 2.34. The van der Waals surface area contributed by atoms with Crippen LogP contribution in [0.4, 0.5) is 0 Å². The minimum Gasteiger partial charge on any atom is -0.393 e. The van der Waals surface area contributed by atoms with E-state index in [-0.39, 0.29) is 6.10 Å². The molecule has 2 heteroatoms. The van der Waals surface area contributed by atoms with E-state index in [9.17, 15) is 5.11 Å². The summed E-state index contributed by atoms with van der Waals surface area (Å²) in [5, 5.41) is 10.0. The van der Waals surface area contributed by atoms with E-state index in [2.05, 4.69) is 26.5 Å². The number of rotatable bonds is 2. The first-order chi connectivity index (χ1) is 5.58. The number of aliphatic hydroxyl groups excluding tert-OH is 1. The zero-order valence-electron chi connectivity index (χ0n) is 8.03. The highest BCUT2D eigenvalue weighted by Crippen LogP contribution is 2.32. The van der Waals surface area contributed by atoms with E-state index in [4.69, 9.17) is 0 Å². The summed E-state index contributed by atoms with van der Waals surface area (Å²) in [6.45, 7) is 4.37. The lowest BCUT2D eigenvalue weighted by Gasteiger charge is -2.31. The predicted molar refractivity (Wildman–Crippen MR) is 55.6 cm³/mol. The van der Waals surface area contributed by atoms with Crippen molar-refractivity contribution in [2.75, 3.05) is 0 Å². The van der Waals surface area contributed by atoms with Crippen molar-refractivity contribution in [3.8, 4) is 0 Å². The fourth-order valence-electron chi connectivity index (χ4n) is 2.38. The van der Waals surface area contributed by atoms with Gasteiger partial charge in [-0.05, 0) is 42.8 Å². The Morgan fingerprint density at radius 1 is 1.42 bits per heavy atom. The average Bonchev–Trinajstić information content (AvgIpc) is 1.81. The summed E-state index contributed by atoms with van der Waals surface area (Å²) < 4.78 is 0. The van der Waals surface area contributed by atoms with Crippen molar-refractivity contribution in [1.82, 2.24) is 0 Å². The molecule has 0 aliphatic heterocycles. The van der Waals surface area contributed by atoms with Gasteiger partial charge in [-0.25, -0.2) is 0 Å². The van der Waals surface area contributed by atoms with E-state index in [0.29, 0.717) is 17.1 Å². The number of hydrogen-bond donors (Lipinski definition) is 2. The molecule has 0 bridgehead atoms. The van der Waals surface area contributed by atoms with E-state index < -0.39 is 0 Å². The summed E-state index contributed by atoms with van der Waals surface area (Å²) in [6, 6.07) is 0. The topological polar surface area (TPSA) is 20.2 Å². The molecular weight excluding hydrogens is 168 g/mol. The van der Waals surface area contributed by atoms with Crippen LogP contribution in [0.1, 0.15) is 39.5 Å². The van der Waals surface area contributed by atoms with Crippen LogP contribution in [0.15, 0.2) is 0 Å². The van der Waals surface area contributed by atoms with Crippen LogP contribution in [0.5, 0.6) is 0 Å². The fourth-order valence-corrected chi connectivity index (χ4v) is 2.68. The van der Waals surface area contributed by atoms with Gasteiger partial charge in [0, 0.05) is 0 Å². The Kier molecular flexibility index (Phi) is 3.91. The molecule has 0 heterocycles. The van der Waals surface area contributed by atoms with Crippen molar-refractivity contribution in [3.05, 3.63) is 0 Å². The van der Waals surface area contributed by atoms with Crippen LogP contribution in [-0.4, -0.2) is 16.5 Å². The third kappa shape index (κ3) is 3.36. The second kappa shape index (κ2) is 4.52. The number of thiol groups is 1. The van der Waals surface area contributed by atoms with E-state index in [1.165, 1.54) is 6.42 Å². The first-order valence-electron chi connectivity index (χ1n) is 4.94. The molecular formula is C10H20OS. The maximum atomic E-state index is 9.54. The van der Waals surface area contributed by atoms with Gasteiger partial charge in [0.2, 0.25) is 0 Å². The van der Waals surface area contributed by atoms with Gasteiger partial charge in [-0.3, -0.25) is 0 Å². The minimum absolute atomic E-state index is 0.0502. The van der Waals surface area contributed by atoms with Crippen LogP contribution in [0.2, 0.25) is 0 Å². The Hall–Kier alpha value is 0.310.